The highest BCUT2D eigenvalue weighted by atomic mass is 16.4. The fourth-order valence-electron chi connectivity index (χ4n) is 2.34. The van der Waals surface area contributed by atoms with Crippen LogP contribution in [-0.4, -0.2) is 49.8 Å². The van der Waals surface area contributed by atoms with E-state index >= 15 is 0 Å². The van der Waals surface area contributed by atoms with Crippen LogP contribution in [0.1, 0.15) is 58.3 Å². The quantitative estimate of drug-likeness (QED) is 0.333. The number of rotatable bonds is 15. The maximum atomic E-state index is 11.7. The third-order valence-electron chi connectivity index (χ3n) is 3.71. The van der Waals surface area contributed by atoms with Crippen LogP contribution in [0, 0.1) is 0 Å². The van der Waals surface area contributed by atoms with Crippen LogP contribution in [0.4, 0.5) is 0 Å². The van der Waals surface area contributed by atoms with Crippen LogP contribution in [0.2, 0.25) is 0 Å². The molecule has 6 nitrogen and oxygen atoms in total. The minimum atomic E-state index is -1.08. The van der Waals surface area contributed by atoms with E-state index in [1.54, 1.807) is 0 Å². The van der Waals surface area contributed by atoms with E-state index in [9.17, 15) is 14.7 Å². The standard InChI is InChI=1S/C16H32N2O4/c1-2-3-4-5-6-7-8-15(20)17-10-12-18(13-14-19)11-9-16(21)22/h19H,2-14H2,1H3,(H,17,20)(H,21,22). The van der Waals surface area contributed by atoms with Crippen molar-refractivity contribution in [3.05, 3.63) is 0 Å². The molecule has 0 bridgehead atoms. The fraction of sp³-hybridized carbons (Fsp3) is 0.875. The fourth-order valence-corrected chi connectivity index (χ4v) is 2.34. The number of quaternary nitrogens is 1. The summed E-state index contributed by atoms with van der Waals surface area (Å²) in [6, 6.07) is 0. The molecule has 0 aliphatic carbocycles. The van der Waals surface area contributed by atoms with Crippen molar-refractivity contribution in [1.82, 2.24) is 5.32 Å². The molecule has 0 aliphatic heterocycles. The van der Waals surface area contributed by atoms with E-state index in [0.29, 0.717) is 32.6 Å². The van der Waals surface area contributed by atoms with Gasteiger partial charge >= 0.3 is 0 Å². The first-order valence-corrected chi connectivity index (χ1v) is 8.51. The molecule has 0 aromatic carbocycles. The topological polar surface area (TPSA) is 93.9 Å². The highest BCUT2D eigenvalue weighted by Crippen LogP contribution is 2.06. The van der Waals surface area contributed by atoms with E-state index in [0.717, 1.165) is 17.7 Å². The molecule has 0 saturated heterocycles. The van der Waals surface area contributed by atoms with Crippen molar-refractivity contribution in [2.75, 3.05) is 32.8 Å². The van der Waals surface area contributed by atoms with Gasteiger partial charge in [-0.15, -0.1) is 0 Å². The SMILES string of the molecule is CCCCCCCCC(=O)NCC[NH+](CCO)CCC(=O)[O-]. The molecule has 0 spiro atoms. The lowest BCUT2D eigenvalue weighted by atomic mass is 10.1. The molecule has 0 fully saturated rings. The van der Waals surface area contributed by atoms with Gasteiger partial charge in [-0.05, 0) is 6.42 Å². The number of unbranched alkanes of at least 4 members (excludes halogenated alkanes) is 5. The largest absolute Gasteiger partial charge is 0.550 e. The third-order valence-corrected chi connectivity index (χ3v) is 3.71. The molecule has 0 aliphatic rings. The van der Waals surface area contributed by atoms with Crippen molar-refractivity contribution >= 4 is 11.9 Å². The molecule has 1 unspecified atom stereocenters. The zero-order valence-electron chi connectivity index (χ0n) is 13.9. The van der Waals surface area contributed by atoms with Crippen LogP contribution in [-0.2, 0) is 9.59 Å². The second-order valence-electron chi connectivity index (χ2n) is 5.71. The second kappa shape index (κ2) is 14.8. The molecule has 0 heterocycles. The van der Waals surface area contributed by atoms with E-state index in [4.69, 9.17) is 5.11 Å². The van der Waals surface area contributed by atoms with Gasteiger partial charge in [0.2, 0.25) is 5.91 Å². The summed E-state index contributed by atoms with van der Waals surface area (Å²) in [5, 5.41) is 22.2. The zero-order valence-corrected chi connectivity index (χ0v) is 13.9. The first-order chi connectivity index (χ1) is 10.6. The predicted octanol–water partition coefficient (Wildman–Crippen LogP) is -1.13. The van der Waals surface area contributed by atoms with Crippen molar-refractivity contribution in [2.24, 2.45) is 0 Å². The molecule has 130 valence electrons. The average Bonchev–Trinajstić information content (AvgIpc) is 2.48. The minimum Gasteiger partial charge on any atom is -0.550 e. The summed E-state index contributed by atoms with van der Waals surface area (Å²) in [4.78, 5) is 23.1. The predicted molar refractivity (Wildman–Crippen MR) is 83.3 cm³/mol. The number of aliphatic carboxylic acids is 1. The van der Waals surface area contributed by atoms with E-state index in [1.165, 1.54) is 25.7 Å². The van der Waals surface area contributed by atoms with Gasteiger partial charge in [0.1, 0.15) is 6.54 Å². The second-order valence-corrected chi connectivity index (χ2v) is 5.71. The molecule has 0 saturated carbocycles. The van der Waals surface area contributed by atoms with Gasteiger partial charge < -0.3 is 25.2 Å². The van der Waals surface area contributed by atoms with Crippen molar-refractivity contribution in [2.45, 2.75) is 58.3 Å². The Kier molecular flexibility index (Phi) is 14.0. The molecular formula is C16H32N2O4. The summed E-state index contributed by atoms with van der Waals surface area (Å²) in [5.41, 5.74) is 0. The highest BCUT2D eigenvalue weighted by Gasteiger charge is 2.08. The molecule has 0 radical (unpaired) electrons. The van der Waals surface area contributed by atoms with Gasteiger partial charge in [-0.3, -0.25) is 4.79 Å². The van der Waals surface area contributed by atoms with Crippen LogP contribution in [0.5, 0.6) is 0 Å². The Morgan fingerprint density at radius 1 is 1.00 bits per heavy atom. The Bertz CT molecular complexity index is 298. The molecule has 1 atom stereocenters. The molecule has 6 heteroatoms. The number of nitrogens with one attached hydrogen (secondary N) is 2. The van der Waals surface area contributed by atoms with Gasteiger partial charge in [0.15, 0.2) is 0 Å². The Morgan fingerprint density at radius 2 is 1.68 bits per heavy atom. The number of carboxylic acid groups (broad SMARTS) is 1. The molecule has 1 amide bonds. The maximum Gasteiger partial charge on any atom is 0.220 e. The van der Waals surface area contributed by atoms with Crippen LogP contribution in [0.15, 0.2) is 0 Å². The van der Waals surface area contributed by atoms with Crippen molar-refractivity contribution in [3.8, 4) is 0 Å². The summed E-state index contributed by atoms with van der Waals surface area (Å²) in [6.07, 6.45) is 7.48. The summed E-state index contributed by atoms with van der Waals surface area (Å²) >= 11 is 0. The van der Waals surface area contributed by atoms with Gasteiger partial charge in [0.25, 0.3) is 0 Å². The first-order valence-electron chi connectivity index (χ1n) is 8.51. The van der Waals surface area contributed by atoms with Crippen LogP contribution < -0.4 is 15.3 Å². The molecule has 0 rings (SSSR count). The first kappa shape index (κ1) is 20.9. The number of hydrogen-bond donors (Lipinski definition) is 3. The Hall–Kier alpha value is -1.14. The van der Waals surface area contributed by atoms with Crippen LogP contribution in [0.25, 0.3) is 0 Å². The molecule has 3 N–H and O–H groups in total. The normalized spacial score (nSPS) is 12.1. The number of carbonyl (C=O) groups is 2. The number of aliphatic hydroxyl groups is 1. The average molecular weight is 316 g/mol. The lowest BCUT2D eigenvalue weighted by molar-refractivity contribution is -0.898. The summed E-state index contributed by atoms with van der Waals surface area (Å²) < 4.78 is 0. The van der Waals surface area contributed by atoms with Gasteiger partial charge in [-0.1, -0.05) is 39.0 Å². The Labute approximate surface area is 133 Å². The lowest BCUT2D eigenvalue weighted by Crippen LogP contribution is -3.13. The summed E-state index contributed by atoms with van der Waals surface area (Å²) in [5.74, 6) is -1.03. The Morgan fingerprint density at radius 3 is 2.32 bits per heavy atom. The van der Waals surface area contributed by atoms with E-state index in [2.05, 4.69) is 12.2 Å². The summed E-state index contributed by atoms with van der Waals surface area (Å²) in [7, 11) is 0. The molecule has 0 aromatic rings. The van der Waals surface area contributed by atoms with Crippen molar-refractivity contribution in [3.63, 3.8) is 0 Å². The van der Waals surface area contributed by atoms with E-state index < -0.39 is 5.97 Å². The molecular weight excluding hydrogens is 284 g/mol. The van der Waals surface area contributed by atoms with Gasteiger partial charge in [0.05, 0.1) is 26.2 Å². The van der Waals surface area contributed by atoms with Gasteiger partial charge in [0, 0.05) is 18.8 Å². The van der Waals surface area contributed by atoms with Crippen LogP contribution in [0.3, 0.4) is 0 Å². The number of aliphatic hydroxyl groups excluding tert-OH is 1. The molecule has 22 heavy (non-hydrogen) atoms. The Balaban J connectivity index is 3.63. The van der Waals surface area contributed by atoms with E-state index in [1.807, 2.05) is 0 Å². The number of hydrogen-bond acceptors (Lipinski definition) is 4. The van der Waals surface area contributed by atoms with Gasteiger partial charge in [-0.25, -0.2) is 0 Å². The lowest BCUT2D eigenvalue weighted by Gasteiger charge is -2.19. The minimum absolute atomic E-state index is 0.00802. The van der Waals surface area contributed by atoms with Crippen molar-refractivity contribution in [1.29, 1.82) is 0 Å². The monoisotopic (exact) mass is 316 g/mol. The van der Waals surface area contributed by atoms with Crippen LogP contribution >= 0.6 is 0 Å². The van der Waals surface area contributed by atoms with Crippen molar-refractivity contribution < 1.29 is 24.7 Å². The third kappa shape index (κ3) is 13.8. The number of carboxylic acids is 1. The molecule has 0 aromatic heterocycles. The smallest absolute Gasteiger partial charge is 0.220 e. The number of amides is 1. The van der Waals surface area contributed by atoms with E-state index in [-0.39, 0.29) is 18.9 Å². The summed E-state index contributed by atoms with van der Waals surface area (Å²) in [6.45, 7) is 4.22. The highest BCUT2D eigenvalue weighted by molar-refractivity contribution is 5.75. The zero-order chi connectivity index (χ0) is 16.6. The maximum absolute atomic E-state index is 11.7. The number of carbonyl (C=O) groups excluding carboxylic acids is 2. The van der Waals surface area contributed by atoms with Gasteiger partial charge in [-0.2, -0.15) is 0 Å².